The Bertz CT molecular complexity index is 1330. The number of carbonyl (C=O) groups excluding carboxylic acids is 1. The molecule has 3 aromatic heterocycles. The molecule has 10 nitrogen and oxygen atoms in total. The van der Waals surface area contributed by atoms with Gasteiger partial charge in [0.25, 0.3) is 5.91 Å². The lowest BCUT2D eigenvalue weighted by molar-refractivity contribution is 0.0995. The highest BCUT2D eigenvalue weighted by Crippen LogP contribution is 2.48. The van der Waals surface area contributed by atoms with E-state index in [0.29, 0.717) is 41.9 Å². The second-order valence-electron chi connectivity index (χ2n) is 9.94. The summed E-state index contributed by atoms with van der Waals surface area (Å²) in [5.41, 5.74) is 3.84. The summed E-state index contributed by atoms with van der Waals surface area (Å²) >= 11 is 0. The number of hydrogen-bond acceptors (Lipinski definition) is 6. The van der Waals surface area contributed by atoms with Crippen molar-refractivity contribution < 1.29 is 14.7 Å². The summed E-state index contributed by atoms with van der Waals surface area (Å²) in [7, 11) is 0. The third-order valence-electron chi connectivity index (χ3n) is 7.54. The lowest BCUT2D eigenvalue weighted by Crippen LogP contribution is -2.25. The van der Waals surface area contributed by atoms with Crippen LogP contribution in [0.3, 0.4) is 0 Å². The van der Waals surface area contributed by atoms with Gasteiger partial charge < -0.3 is 15.0 Å². The molecule has 2 fully saturated rings. The Labute approximate surface area is 202 Å². The van der Waals surface area contributed by atoms with Gasteiger partial charge in [-0.2, -0.15) is 0 Å². The van der Waals surface area contributed by atoms with Gasteiger partial charge in [-0.15, -0.1) is 10.2 Å². The second-order valence-corrected chi connectivity index (χ2v) is 9.94. The van der Waals surface area contributed by atoms with Crippen molar-refractivity contribution in [3.05, 3.63) is 53.1 Å². The Morgan fingerprint density at radius 3 is 2.80 bits per heavy atom. The quantitative estimate of drug-likeness (QED) is 0.538. The average molecular weight is 474 g/mol. The molecule has 180 valence electrons. The van der Waals surface area contributed by atoms with Gasteiger partial charge in [-0.05, 0) is 50.3 Å². The topological polar surface area (TPSA) is 126 Å². The van der Waals surface area contributed by atoms with E-state index in [1.807, 2.05) is 24.3 Å². The van der Waals surface area contributed by atoms with Crippen molar-refractivity contribution >= 4 is 17.8 Å². The number of carbonyl (C=O) groups is 2. The lowest BCUT2D eigenvalue weighted by atomic mass is 9.93. The smallest absolute Gasteiger partial charge is 0.404 e. The molecule has 0 unspecified atom stereocenters. The molecule has 1 aliphatic heterocycles. The van der Waals surface area contributed by atoms with Crippen LogP contribution in [0, 0.1) is 0 Å². The third kappa shape index (κ3) is 3.82. The van der Waals surface area contributed by atoms with Gasteiger partial charge >= 0.3 is 6.09 Å². The van der Waals surface area contributed by atoms with Gasteiger partial charge in [0.1, 0.15) is 17.8 Å². The first-order valence-electron chi connectivity index (χ1n) is 12.1. The monoisotopic (exact) mass is 473 g/mol. The van der Waals surface area contributed by atoms with Crippen molar-refractivity contribution in [1.82, 2.24) is 30.0 Å². The van der Waals surface area contributed by atoms with Crippen molar-refractivity contribution in [2.24, 2.45) is 0 Å². The van der Waals surface area contributed by atoms with Gasteiger partial charge in [-0.1, -0.05) is 13.0 Å². The molecule has 0 saturated heterocycles. The van der Waals surface area contributed by atoms with E-state index in [1.165, 1.54) is 6.42 Å². The van der Waals surface area contributed by atoms with Crippen LogP contribution in [0.25, 0.3) is 11.5 Å². The molecular formula is C25H27N7O3. The van der Waals surface area contributed by atoms with Gasteiger partial charge in [0, 0.05) is 46.9 Å². The SMILES string of the molecule is CC1(c2cc3c(c(CCNC(=O)O)n2)CN(c2cccc(-c4nncn4C4CCC4)n2)C3=O)CC1. The fourth-order valence-electron chi connectivity index (χ4n) is 4.86. The average Bonchev–Trinajstić information content (AvgIpc) is 3.23. The fourth-order valence-corrected chi connectivity index (χ4v) is 4.86. The number of pyridine rings is 2. The minimum absolute atomic E-state index is 0.0124. The maximum Gasteiger partial charge on any atom is 0.404 e. The zero-order valence-electron chi connectivity index (χ0n) is 19.6. The summed E-state index contributed by atoms with van der Waals surface area (Å²) in [5.74, 6) is 1.16. The fraction of sp³-hybridized carbons (Fsp3) is 0.440. The maximum atomic E-state index is 13.6. The Morgan fingerprint density at radius 1 is 1.26 bits per heavy atom. The molecule has 3 aliphatic rings. The van der Waals surface area contributed by atoms with Crippen LogP contribution in [0.4, 0.5) is 10.6 Å². The van der Waals surface area contributed by atoms with Crippen LogP contribution in [0.5, 0.6) is 0 Å². The molecule has 2 saturated carbocycles. The van der Waals surface area contributed by atoms with Crippen LogP contribution in [0.1, 0.15) is 72.4 Å². The summed E-state index contributed by atoms with van der Waals surface area (Å²) in [6.45, 7) is 2.75. The second kappa shape index (κ2) is 8.14. The standard InChI is InChI=1S/C25H27N7O3/c1-25(9-10-25)20-12-16-17(18(28-20)8-11-26-24(34)35)13-31(23(16)33)21-7-3-6-19(29-21)22-30-27-14-32(22)15-4-2-5-15/h3,6-7,12,14-15,26H,2,4-5,8-11,13H2,1H3,(H,34,35). The van der Waals surface area contributed by atoms with Crippen molar-refractivity contribution in [2.45, 2.75) is 63.5 Å². The number of nitrogens with one attached hydrogen (secondary N) is 1. The van der Waals surface area contributed by atoms with Gasteiger partial charge in [0.2, 0.25) is 0 Å². The molecule has 0 atom stereocenters. The molecule has 35 heavy (non-hydrogen) atoms. The van der Waals surface area contributed by atoms with Crippen LogP contribution in [-0.4, -0.2) is 48.4 Å². The third-order valence-corrected chi connectivity index (χ3v) is 7.54. The normalized spacial score (nSPS) is 18.3. The zero-order valence-corrected chi connectivity index (χ0v) is 19.6. The largest absolute Gasteiger partial charge is 0.465 e. The van der Waals surface area contributed by atoms with Crippen molar-refractivity contribution in [3.8, 4) is 11.5 Å². The number of anilines is 1. The highest BCUT2D eigenvalue weighted by Gasteiger charge is 2.43. The molecule has 4 heterocycles. The predicted octanol–water partition coefficient (Wildman–Crippen LogP) is 3.48. The molecular weight excluding hydrogens is 446 g/mol. The van der Waals surface area contributed by atoms with Gasteiger partial charge in [0.15, 0.2) is 5.82 Å². The molecule has 0 radical (unpaired) electrons. The summed E-state index contributed by atoms with van der Waals surface area (Å²) in [4.78, 5) is 35.9. The van der Waals surface area contributed by atoms with E-state index < -0.39 is 6.09 Å². The summed E-state index contributed by atoms with van der Waals surface area (Å²) in [5, 5.41) is 19.8. The highest BCUT2D eigenvalue weighted by molar-refractivity contribution is 6.09. The summed E-state index contributed by atoms with van der Waals surface area (Å²) in [6.07, 6.45) is 6.61. The Balaban J connectivity index is 1.33. The minimum atomic E-state index is -1.07. The first-order valence-corrected chi connectivity index (χ1v) is 12.1. The Kier molecular flexibility index (Phi) is 5.05. The Morgan fingerprint density at radius 2 is 2.09 bits per heavy atom. The molecule has 2 aliphatic carbocycles. The van der Waals surface area contributed by atoms with E-state index in [9.17, 15) is 9.59 Å². The number of amides is 2. The van der Waals surface area contributed by atoms with Crippen molar-refractivity contribution in [3.63, 3.8) is 0 Å². The van der Waals surface area contributed by atoms with Gasteiger partial charge in [-0.25, -0.2) is 9.78 Å². The number of fused-ring (bicyclic) bond motifs is 1. The van der Waals surface area contributed by atoms with Crippen LogP contribution in [-0.2, 0) is 18.4 Å². The minimum Gasteiger partial charge on any atom is -0.465 e. The van der Waals surface area contributed by atoms with Crippen molar-refractivity contribution in [1.29, 1.82) is 0 Å². The molecule has 6 rings (SSSR count). The van der Waals surface area contributed by atoms with Gasteiger partial charge in [0.05, 0.1) is 6.54 Å². The van der Waals surface area contributed by atoms with E-state index in [0.717, 1.165) is 42.6 Å². The maximum absolute atomic E-state index is 13.6. The first-order chi connectivity index (χ1) is 16.9. The first kappa shape index (κ1) is 21.7. The zero-order chi connectivity index (χ0) is 24.2. The number of carboxylic acid groups (broad SMARTS) is 1. The molecule has 2 amide bonds. The van der Waals surface area contributed by atoms with Crippen LogP contribution in [0.15, 0.2) is 30.6 Å². The molecule has 3 aromatic rings. The summed E-state index contributed by atoms with van der Waals surface area (Å²) < 4.78 is 2.08. The van der Waals surface area contributed by atoms with Gasteiger partial charge in [-0.3, -0.25) is 14.7 Å². The Hall–Kier alpha value is -3.82. The van der Waals surface area contributed by atoms with Crippen molar-refractivity contribution in [2.75, 3.05) is 11.4 Å². The van der Waals surface area contributed by atoms with E-state index in [2.05, 4.69) is 27.0 Å². The summed E-state index contributed by atoms with van der Waals surface area (Å²) in [6, 6.07) is 7.95. The van der Waals surface area contributed by atoms with Crippen LogP contribution >= 0.6 is 0 Å². The lowest BCUT2D eigenvalue weighted by Gasteiger charge is -2.27. The number of rotatable bonds is 7. The molecule has 0 spiro atoms. The van der Waals surface area contributed by atoms with Crippen LogP contribution in [0.2, 0.25) is 0 Å². The number of hydrogen-bond donors (Lipinski definition) is 2. The van der Waals surface area contributed by atoms with E-state index >= 15 is 0 Å². The molecule has 10 heteroatoms. The van der Waals surface area contributed by atoms with E-state index in [1.54, 1.807) is 11.2 Å². The molecule has 0 aromatic carbocycles. The van der Waals surface area contributed by atoms with E-state index in [-0.39, 0.29) is 17.9 Å². The number of nitrogens with zero attached hydrogens (tertiary/aromatic N) is 6. The number of aromatic nitrogens is 5. The van der Waals surface area contributed by atoms with E-state index in [4.69, 9.17) is 15.1 Å². The molecule has 2 N–H and O–H groups in total. The predicted molar refractivity (Wildman–Crippen MR) is 127 cm³/mol. The van der Waals surface area contributed by atoms with Crippen LogP contribution < -0.4 is 10.2 Å². The highest BCUT2D eigenvalue weighted by atomic mass is 16.4. The molecule has 0 bridgehead atoms.